The molecule has 3 rings (SSSR count). The molecule has 0 spiro atoms. The lowest BCUT2D eigenvalue weighted by Crippen LogP contribution is -2.06. The normalized spacial score (nSPS) is 15.3. The molecule has 0 fully saturated rings. The van der Waals surface area contributed by atoms with Crippen LogP contribution in [0.3, 0.4) is 0 Å². The summed E-state index contributed by atoms with van der Waals surface area (Å²) in [5.74, 6) is 0.0376. The Bertz CT molecular complexity index is 788. The average Bonchev–Trinajstić information content (AvgIpc) is 2.92. The van der Waals surface area contributed by atoms with Crippen LogP contribution in [-0.2, 0) is 0 Å². The predicted molar refractivity (Wildman–Crippen MR) is 95.6 cm³/mol. The molecular formula is C20H18N2O. The van der Waals surface area contributed by atoms with E-state index in [1.807, 2.05) is 91.0 Å². The van der Waals surface area contributed by atoms with Gasteiger partial charge in [-0.05, 0) is 36.4 Å². The molecule has 0 unspecified atom stereocenters. The number of rotatable bonds is 4. The fourth-order valence-electron chi connectivity index (χ4n) is 2.40. The van der Waals surface area contributed by atoms with Crippen LogP contribution in [0.2, 0.25) is 0 Å². The number of hydrogen-bond donors (Lipinski definition) is 1. The number of nitrogens with one attached hydrogen (secondary N) is 1. The summed E-state index contributed by atoms with van der Waals surface area (Å²) in [6, 6.07) is 17.7. The molecule has 0 radical (unpaired) electrons. The number of benzene rings is 2. The van der Waals surface area contributed by atoms with Crippen molar-refractivity contribution in [1.29, 1.82) is 0 Å². The topological polar surface area (TPSA) is 32.3 Å². The summed E-state index contributed by atoms with van der Waals surface area (Å²) in [6.07, 6.45) is 9.49. The van der Waals surface area contributed by atoms with Gasteiger partial charge in [0.05, 0.1) is 5.70 Å². The monoisotopic (exact) mass is 302 g/mol. The molecular weight excluding hydrogens is 284 g/mol. The largest absolute Gasteiger partial charge is 0.352 e. The van der Waals surface area contributed by atoms with Crippen molar-refractivity contribution in [1.82, 2.24) is 0 Å². The molecule has 0 saturated carbocycles. The van der Waals surface area contributed by atoms with E-state index in [9.17, 15) is 4.79 Å². The highest BCUT2D eigenvalue weighted by Crippen LogP contribution is 2.27. The van der Waals surface area contributed by atoms with Gasteiger partial charge in [0.25, 0.3) is 0 Å². The fourth-order valence-corrected chi connectivity index (χ4v) is 2.40. The maximum Gasteiger partial charge on any atom is 0.211 e. The predicted octanol–water partition coefficient (Wildman–Crippen LogP) is 4.39. The van der Waals surface area contributed by atoms with Gasteiger partial charge in [-0.2, -0.15) is 0 Å². The van der Waals surface area contributed by atoms with Crippen molar-refractivity contribution in [3.05, 3.63) is 96.4 Å². The van der Waals surface area contributed by atoms with Crippen molar-refractivity contribution in [3.8, 4) is 0 Å². The van der Waals surface area contributed by atoms with E-state index in [0.717, 1.165) is 16.9 Å². The lowest BCUT2D eigenvalue weighted by molar-refractivity contribution is 0.104. The van der Waals surface area contributed by atoms with Gasteiger partial charge in [-0.15, -0.1) is 0 Å². The highest BCUT2D eigenvalue weighted by molar-refractivity contribution is 6.18. The van der Waals surface area contributed by atoms with E-state index in [2.05, 4.69) is 5.32 Å². The highest BCUT2D eigenvalue weighted by atomic mass is 16.1. The quantitative estimate of drug-likeness (QED) is 0.671. The van der Waals surface area contributed by atoms with Crippen LogP contribution in [0.5, 0.6) is 0 Å². The Morgan fingerprint density at radius 2 is 1.65 bits per heavy atom. The van der Waals surface area contributed by atoms with E-state index >= 15 is 0 Å². The van der Waals surface area contributed by atoms with Gasteiger partial charge in [-0.1, -0.05) is 42.5 Å². The summed E-state index contributed by atoms with van der Waals surface area (Å²) in [5, 5.41) is 3.14. The number of Topliss-reactive ketones (excluding diaryl/α,β-unsaturated/α-hetero) is 1. The van der Waals surface area contributed by atoms with Gasteiger partial charge in [0.2, 0.25) is 5.78 Å². The molecule has 1 heterocycles. The van der Waals surface area contributed by atoms with Crippen LogP contribution in [-0.4, -0.2) is 12.8 Å². The number of anilines is 2. The van der Waals surface area contributed by atoms with Gasteiger partial charge >= 0.3 is 0 Å². The van der Waals surface area contributed by atoms with Crippen LogP contribution in [0.15, 0.2) is 90.8 Å². The molecule has 1 aliphatic heterocycles. The molecule has 0 amide bonds. The number of allylic oxidation sites excluding steroid dienone is 5. The first-order valence-electron chi connectivity index (χ1n) is 7.49. The molecule has 0 aliphatic carbocycles. The van der Waals surface area contributed by atoms with E-state index in [-0.39, 0.29) is 5.78 Å². The first-order chi connectivity index (χ1) is 11.3. The third-order valence-electron chi connectivity index (χ3n) is 3.64. The third-order valence-corrected chi connectivity index (χ3v) is 3.64. The van der Waals surface area contributed by atoms with Crippen LogP contribution >= 0.6 is 0 Å². The Morgan fingerprint density at radius 3 is 2.43 bits per heavy atom. The second-order valence-corrected chi connectivity index (χ2v) is 5.25. The first-order valence-corrected chi connectivity index (χ1v) is 7.49. The highest BCUT2D eigenvalue weighted by Gasteiger charge is 2.22. The lowest BCUT2D eigenvalue weighted by Gasteiger charge is -2.12. The molecule has 0 aromatic heterocycles. The van der Waals surface area contributed by atoms with Crippen molar-refractivity contribution in [3.63, 3.8) is 0 Å². The lowest BCUT2D eigenvalue weighted by atomic mass is 10.1. The van der Waals surface area contributed by atoms with E-state index < -0.39 is 0 Å². The zero-order valence-corrected chi connectivity index (χ0v) is 12.9. The van der Waals surface area contributed by atoms with Gasteiger partial charge in [-0.3, -0.25) is 4.79 Å². The van der Waals surface area contributed by atoms with Gasteiger partial charge in [-0.25, -0.2) is 0 Å². The third kappa shape index (κ3) is 3.40. The minimum atomic E-state index is 0.0376. The number of para-hydroxylation sites is 2. The Hall–Kier alpha value is -3.07. The Kier molecular flexibility index (Phi) is 4.39. The average molecular weight is 302 g/mol. The van der Waals surface area contributed by atoms with E-state index in [1.165, 1.54) is 0 Å². The van der Waals surface area contributed by atoms with Crippen LogP contribution < -0.4 is 10.2 Å². The Labute approximate surface area is 136 Å². The van der Waals surface area contributed by atoms with Crippen LogP contribution in [0.1, 0.15) is 10.4 Å². The molecule has 3 nitrogen and oxygen atoms in total. The van der Waals surface area contributed by atoms with Crippen molar-refractivity contribution >= 4 is 17.2 Å². The zero-order chi connectivity index (χ0) is 16.1. The smallest absolute Gasteiger partial charge is 0.211 e. The molecule has 1 N–H and O–H groups in total. The zero-order valence-electron chi connectivity index (χ0n) is 12.9. The standard InChI is InChI=1S/C20H18N2O/c1-22(16-10-4-2-5-11-16)15-9-3-6-14-19-20(23)17-12-7-8-13-18(17)21-19/h2-15,21H,1H3/b6-3+,15-9+,19-14-. The number of carbonyl (C=O) groups is 1. The summed E-state index contributed by atoms with van der Waals surface area (Å²) in [7, 11) is 2.00. The van der Waals surface area contributed by atoms with Crippen molar-refractivity contribution in [2.24, 2.45) is 0 Å². The SMILES string of the molecule is CN(/C=C/C=C/C=C1\Nc2ccccc2C1=O)c1ccccc1. The molecule has 1 aliphatic rings. The molecule has 3 heteroatoms. The van der Waals surface area contributed by atoms with Gasteiger partial charge in [0.15, 0.2) is 0 Å². The van der Waals surface area contributed by atoms with Crippen molar-refractivity contribution < 1.29 is 4.79 Å². The molecule has 0 atom stereocenters. The maximum atomic E-state index is 12.2. The summed E-state index contributed by atoms with van der Waals surface area (Å²) in [4.78, 5) is 14.2. The van der Waals surface area contributed by atoms with Gasteiger partial charge in [0, 0.05) is 30.2 Å². The van der Waals surface area contributed by atoms with Crippen LogP contribution in [0.4, 0.5) is 11.4 Å². The molecule has 0 bridgehead atoms. The van der Waals surface area contributed by atoms with Crippen LogP contribution in [0, 0.1) is 0 Å². The number of hydrogen-bond acceptors (Lipinski definition) is 3. The molecule has 23 heavy (non-hydrogen) atoms. The van der Waals surface area contributed by atoms with E-state index in [1.54, 1.807) is 6.08 Å². The summed E-state index contributed by atoms with van der Waals surface area (Å²) >= 11 is 0. The summed E-state index contributed by atoms with van der Waals surface area (Å²) in [5.41, 5.74) is 3.33. The molecule has 0 saturated heterocycles. The van der Waals surface area contributed by atoms with Gasteiger partial charge < -0.3 is 10.2 Å². The summed E-state index contributed by atoms with van der Waals surface area (Å²) < 4.78 is 0. The summed E-state index contributed by atoms with van der Waals surface area (Å²) in [6.45, 7) is 0. The molecule has 2 aromatic carbocycles. The van der Waals surface area contributed by atoms with Crippen molar-refractivity contribution in [2.45, 2.75) is 0 Å². The minimum Gasteiger partial charge on any atom is -0.352 e. The van der Waals surface area contributed by atoms with Crippen molar-refractivity contribution in [2.75, 3.05) is 17.3 Å². The van der Waals surface area contributed by atoms with Gasteiger partial charge in [0.1, 0.15) is 0 Å². The molecule has 114 valence electrons. The second-order valence-electron chi connectivity index (χ2n) is 5.25. The van der Waals surface area contributed by atoms with E-state index in [4.69, 9.17) is 0 Å². The fraction of sp³-hybridized carbons (Fsp3) is 0.0500. The number of carbonyl (C=O) groups excluding carboxylic acids is 1. The molecule has 2 aromatic rings. The maximum absolute atomic E-state index is 12.2. The first kappa shape index (κ1) is 14.9. The van der Waals surface area contributed by atoms with Crippen LogP contribution in [0.25, 0.3) is 0 Å². The Morgan fingerprint density at radius 1 is 0.913 bits per heavy atom. The van der Waals surface area contributed by atoms with E-state index in [0.29, 0.717) is 5.70 Å². The second kappa shape index (κ2) is 6.79. The number of fused-ring (bicyclic) bond motifs is 1. The number of ketones is 1. The Balaban J connectivity index is 1.62. The minimum absolute atomic E-state index is 0.0376. The number of nitrogens with zero attached hydrogens (tertiary/aromatic N) is 1.